The van der Waals surface area contributed by atoms with E-state index in [0.717, 1.165) is 9.80 Å². The summed E-state index contributed by atoms with van der Waals surface area (Å²) >= 11 is 0. The fraction of sp³-hybridized carbons (Fsp3) is 0.194. The minimum absolute atomic E-state index is 0.0963. The number of carboxylic acids is 4. The summed E-state index contributed by atoms with van der Waals surface area (Å²) in [5.41, 5.74) is 9.75. The van der Waals surface area contributed by atoms with E-state index in [0.29, 0.717) is 45.2 Å². The van der Waals surface area contributed by atoms with Gasteiger partial charge in [-0.05, 0) is 66.1 Å². The minimum atomic E-state index is -1.24. The fourth-order valence-corrected chi connectivity index (χ4v) is 4.65. The third-order valence-electron chi connectivity index (χ3n) is 6.66. The number of anilines is 3. The Morgan fingerprint density at radius 2 is 1.24 bits per heavy atom. The van der Waals surface area contributed by atoms with E-state index in [1.54, 1.807) is 55.5 Å². The third-order valence-corrected chi connectivity index (χ3v) is 6.66. The maximum Gasteiger partial charge on any atom is 0.323 e. The highest BCUT2D eigenvalue weighted by Crippen LogP contribution is 2.34. The molecule has 0 aliphatic carbocycles. The van der Waals surface area contributed by atoms with Crippen LogP contribution in [0.5, 0.6) is 5.75 Å². The van der Waals surface area contributed by atoms with E-state index in [2.05, 4.69) is 9.97 Å². The number of hydrogen-bond donors (Lipinski definition) is 5. The van der Waals surface area contributed by atoms with Gasteiger partial charge >= 0.3 is 23.9 Å². The zero-order valence-corrected chi connectivity index (χ0v) is 24.7. The van der Waals surface area contributed by atoms with E-state index in [1.807, 2.05) is 0 Å². The van der Waals surface area contributed by atoms with E-state index in [-0.39, 0.29) is 17.3 Å². The summed E-state index contributed by atoms with van der Waals surface area (Å²) in [4.78, 5) is 62.0. The quantitative estimate of drug-likeness (QED) is 0.126. The van der Waals surface area contributed by atoms with E-state index < -0.39 is 50.1 Å². The highest BCUT2D eigenvalue weighted by atomic mass is 16.5. The summed E-state index contributed by atoms with van der Waals surface area (Å²) in [5, 5.41) is 37.4. The van der Waals surface area contributed by atoms with Crippen LogP contribution in [0.15, 0.2) is 60.7 Å². The number of aliphatic carboxylic acids is 4. The lowest BCUT2D eigenvalue weighted by molar-refractivity contribution is -0.138. The molecule has 6 N–H and O–H groups in total. The normalized spacial score (nSPS) is 10.7. The molecule has 4 aromatic rings. The van der Waals surface area contributed by atoms with Crippen molar-refractivity contribution in [2.24, 2.45) is 0 Å². The molecule has 15 nitrogen and oxygen atoms in total. The van der Waals surface area contributed by atoms with Crippen molar-refractivity contribution in [1.82, 2.24) is 15.0 Å². The van der Waals surface area contributed by atoms with E-state index in [4.69, 9.17) is 15.5 Å². The number of benzene rings is 1. The van der Waals surface area contributed by atoms with Crippen molar-refractivity contribution in [3.05, 3.63) is 66.2 Å². The van der Waals surface area contributed by atoms with Gasteiger partial charge in [-0.25, -0.2) is 15.0 Å². The number of hydrogen-bond acceptors (Lipinski definition) is 11. The Balaban J connectivity index is 1.92. The Labute approximate surface area is 262 Å². The predicted octanol–water partition coefficient (Wildman–Crippen LogP) is 2.72. The number of aryl methyl sites for hydroxylation is 1. The molecule has 0 amide bonds. The number of aromatic nitrogens is 3. The van der Waals surface area contributed by atoms with Crippen LogP contribution in [0.2, 0.25) is 0 Å². The molecule has 0 aliphatic rings. The van der Waals surface area contributed by atoms with Crippen molar-refractivity contribution in [1.29, 1.82) is 0 Å². The molecule has 0 saturated carbocycles. The van der Waals surface area contributed by atoms with Crippen LogP contribution >= 0.6 is 0 Å². The SMILES string of the molecule is COc1ccc(-c2cc(-c3cccc(N(CC(=O)O)CC(=O)O)n3)nc(-c3nc(N(CC(=O)O)CC(=O)O)ccc3C)c2)cc1N. The minimum Gasteiger partial charge on any atom is -0.495 e. The van der Waals surface area contributed by atoms with E-state index in [1.165, 1.54) is 19.2 Å². The molecule has 3 heterocycles. The summed E-state index contributed by atoms with van der Waals surface area (Å²) in [7, 11) is 1.49. The van der Waals surface area contributed by atoms with Crippen LogP contribution in [0.4, 0.5) is 17.3 Å². The second-order valence-electron chi connectivity index (χ2n) is 10.1. The molecular formula is C31H30N6O9. The van der Waals surface area contributed by atoms with Gasteiger partial charge in [-0.3, -0.25) is 19.2 Å². The molecule has 238 valence electrons. The van der Waals surface area contributed by atoms with Crippen molar-refractivity contribution in [2.45, 2.75) is 6.92 Å². The number of carbonyl (C=O) groups is 4. The molecule has 0 fully saturated rings. The summed E-state index contributed by atoms with van der Waals surface area (Å²) in [6, 6.07) is 16.5. The first-order valence-corrected chi connectivity index (χ1v) is 13.6. The number of carboxylic acid groups (broad SMARTS) is 4. The van der Waals surface area contributed by atoms with Crippen molar-refractivity contribution in [3.8, 4) is 39.7 Å². The average molecular weight is 631 g/mol. The van der Waals surface area contributed by atoms with Gasteiger partial charge in [0.2, 0.25) is 0 Å². The molecule has 4 rings (SSSR count). The van der Waals surface area contributed by atoms with Crippen LogP contribution in [-0.4, -0.2) is 92.5 Å². The summed E-state index contributed by atoms with van der Waals surface area (Å²) in [6.45, 7) is -0.659. The molecule has 15 heteroatoms. The Kier molecular flexibility index (Phi) is 9.96. The molecule has 3 aromatic heterocycles. The number of ether oxygens (including phenoxy) is 1. The van der Waals surface area contributed by atoms with Crippen molar-refractivity contribution in [3.63, 3.8) is 0 Å². The highest BCUT2D eigenvalue weighted by molar-refractivity contribution is 5.82. The Hall–Kier alpha value is -6.25. The van der Waals surface area contributed by atoms with Crippen LogP contribution < -0.4 is 20.3 Å². The van der Waals surface area contributed by atoms with Gasteiger partial charge in [0.1, 0.15) is 43.6 Å². The van der Waals surface area contributed by atoms with Gasteiger partial charge < -0.3 is 40.7 Å². The molecule has 0 radical (unpaired) electrons. The fourth-order valence-electron chi connectivity index (χ4n) is 4.65. The average Bonchev–Trinajstić information content (AvgIpc) is 2.99. The summed E-state index contributed by atoms with van der Waals surface area (Å²) < 4.78 is 5.28. The molecular weight excluding hydrogens is 600 g/mol. The summed E-state index contributed by atoms with van der Waals surface area (Å²) in [6.07, 6.45) is 0. The Bertz CT molecular complexity index is 1780. The maximum atomic E-state index is 11.5. The zero-order valence-electron chi connectivity index (χ0n) is 24.7. The molecule has 0 aliphatic heterocycles. The number of nitrogen functional groups attached to an aromatic ring is 1. The molecule has 0 unspecified atom stereocenters. The van der Waals surface area contributed by atoms with Crippen LogP contribution in [0.25, 0.3) is 33.9 Å². The lowest BCUT2D eigenvalue weighted by atomic mass is 10.0. The van der Waals surface area contributed by atoms with Gasteiger partial charge in [0.05, 0.1) is 35.6 Å². The lowest BCUT2D eigenvalue weighted by Crippen LogP contribution is -2.35. The number of nitrogens with zero attached hydrogens (tertiary/aromatic N) is 5. The van der Waals surface area contributed by atoms with Crippen molar-refractivity contribution < 1.29 is 44.3 Å². The van der Waals surface area contributed by atoms with Crippen molar-refractivity contribution >= 4 is 41.2 Å². The maximum absolute atomic E-state index is 11.5. The molecule has 0 atom stereocenters. The Morgan fingerprint density at radius 3 is 1.78 bits per heavy atom. The number of nitrogens with two attached hydrogens (primary N) is 1. The molecule has 0 spiro atoms. The predicted molar refractivity (Wildman–Crippen MR) is 167 cm³/mol. The van der Waals surface area contributed by atoms with Crippen LogP contribution in [-0.2, 0) is 19.2 Å². The van der Waals surface area contributed by atoms with Gasteiger partial charge in [-0.2, -0.15) is 0 Å². The monoisotopic (exact) mass is 630 g/mol. The zero-order chi connectivity index (χ0) is 33.5. The highest BCUT2D eigenvalue weighted by Gasteiger charge is 2.20. The second-order valence-corrected chi connectivity index (χ2v) is 10.1. The first-order valence-electron chi connectivity index (χ1n) is 13.6. The van der Waals surface area contributed by atoms with E-state index in [9.17, 15) is 39.6 Å². The summed E-state index contributed by atoms with van der Waals surface area (Å²) in [5.74, 6) is -4.30. The first kappa shape index (κ1) is 32.7. The molecule has 46 heavy (non-hydrogen) atoms. The van der Waals surface area contributed by atoms with Gasteiger partial charge in [-0.1, -0.05) is 18.2 Å². The first-order chi connectivity index (χ1) is 21.8. The van der Waals surface area contributed by atoms with Gasteiger partial charge in [0, 0.05) is 0 Å². The molecule has 1 aromatic carbocycles. The second kappa shape index (κ2) is 14.0. The number of methoxy groups -OCH3 is 1. The van der Waals surface area contributed by atoms with Gasteiger partial charge in [-0.15, -0.1) is 0 Å². The molecule has 0 bridgehead atoms. The topological polar surface area (TPSA) is 230 Å². The van der Waals surface area contributed by atoms with Crippen molar-refractivity contribution in [2.75, 3.05) is 48.8 Å². The lowest BCUT2D eigenvalue weighted by Gasteiger charge is -2.21. The standard InChI is InChI=1S/C31H30N6O9/c1-17-6-9-26(37(15-29(42)43)16-30(44)45)35-31(17)23-12-19(18-7-8-24(46-2)20(32)10-18)11-22(33-23)21-4-3-5-25(34-21)36(13-27(38)39)14-28(40)41/h3-12H,13-16,32H2,1-2H3,(H,38,39)(H,40,41)(H,42,43)(H,44,45). The number of rotatable bonds is 14. The van der Waals surface area contributed by atoms with E-state index >= 15 is 0 Å². The molecule has 0 saturated heterocycles. The smallest absolute Gasteiger partial charge is 0.323 e. The van der Waals surface area contributed by atoms with Gasteiger partial charge in [0.15, 0.2) is 0 Å². The third kappa shape index (κ3) is 8.02. The van der Waals surface area contributed by atoms with Crippen LogP contribution in [0.3, 0.4) is 0 Å². The Morgan fingerprint density at radius 1 is 0.674 bits per heavy atom. The largest absolute Gasteiger partial charge is 0.495 e. The van der Waals surface area contributed by atoms with Crippen LogP contribution in [0, 0.1) is 6.92 Å². The van der Waals surface area contributed by atoms with Crippen LogP contribution in [0.1, 0.15) is 5.56 Å². The van der Waals surface area contributed by atoms with Gasteiger partial charge in [0.25, 0.3) is 0 Å². The number of pyridine rings is 3.